The van der Waals surface area contributed by atoms with Crippen LogP contribution in [0.4, 0.5) is 5.69 Å². The third kappa shape index (κ3) is 4.38. The van der Waals surface area contributed by atoms with E-state index in [0.717, 1.165) is 25.1 Å². The standard InChI is InChI=1S/C20H21N3O4/c24-19(14-8-9-17-18(11-14)27-13-26-17)23-20(21-12-16-7-4-10-25-16)22-15-5-2-1-3-6-15/h1-3,5-6,8-9,11,16H,4,7,10,12-13H2,(H2,21,22,23,24)/t16-/m0/s1. The molecule has 0 aromatic heterocycles. The molecule has 0 bridgehead atoms. The van der Waals surface area contributed by atoms with Crippen LogP contribution in [0.1, 0.15) is 23.2 Å². The van der Waals surface area contributed by atoms with Gasteiger partial charge in [0.15, 0.2) is 11.5 Å². The number of guanidine groups is 1. The number of benzene rings is 2. The maximum Gasteiger partial charge on any atom is 0.258 e. The first-order valence-electron chi connectivity index (χ1n) is 8.97. The average Bonchev–Trinajstić information content (AvgIpc) is 3.38. The van der Waals surface area contributed by atoms with Crippen molar-refractivity contribution in [1.29, 1.82) is 0 Å². The van der Waals surface area contributed by atoms with Crippen molar-refractivity contribution < 1.29 is 19.0 Å². The van der Waals surface area contributed by atoms with Gasteiger partial charge in [-0.1, -0.05) is 18.2 Å². The molecule has 0 aliphatic carbocycles. The molecular weight excluding hydrogens is 346 g/mol. The Hall–Kier alpha value is -3.06. The van der Waals surface area contributed by atoms with Gasteiger partial charge >= 0.3 is 0 Å². The van der Waals surface area contributed by atoms with Gasteiger partial charge in [-0.25, -0.2) is 4.99 Å². The Morgan fingerprint density at radius 3 is 2.78 bits per heavy atom. The molecule has 140 valence electrons. The Bertz CT molecular complexity index is 832. The fourth-order valence-corrected chi connectivity index (χ4v) is 2.97. The summed E-state index contributed by atoms with van der Waals surface area (Å²) in [6, 6.07) is 14.7. The molecule has 0 spiro atoms. The lowest BCUT2D eigenvalue weighted by molar-refractivity contribution is 0.0975. The molecule has 2 aliphatic rings. The van der Waals surface area contributed by atoms with Gasteiger partial charge in [-0.3, -0.25) is 10.1 Å². The lowest BCUT2D eigenvalue weighted by Crippen LogP contribution is -2.36. The average molecular weight is 367 g/mol. The van der Waals surface area contributed by atoms with Gasteiger partial charge in [-0.2, -0.15) is 0 Å². The number of carbonyl (C=O) groups is 1. The molecular formula is C20H21N3O4. The van der Waals surface area contributed by atoms with E-state index in [-0.39, 0.29) is 18.8 Å². The van der Waals surface area contributed by atoms with E-state index in [9.17, 15) is 4.79 Å². The molecule has 4 rings (SSSR count). The van der Waals surface area contributed by atoms with E-state index in [0.29, 0.717) is 29.6 Å². The fourth-order valence-electron chi connectivity index (χ4n) is 2.97. The van der Waals surface area contributed by atoms with Crippen LogP contribution in [0.3, 0.4) is 0 Å². The van der Waals surface area contributed by atoms with Gasteiger partial charge < -0.3 is 19.5 Å². The van der Waals surface area contributed by atoms with Crippen molar-refractivity contribution in [3.63, 3.8) is 0 Å². The summed E-state index contributed by atoms with van der Waals surface area (Å²) < 4.78 is 16.2. The molecule has 2 aliphatic heterocycles. The predicted octanol–water partition coefficient (Wildman–Crippen LogP) is 2.79. The number of amides is 1. The van der Waals surface area contributed by atoms with E-state index in [1.807, 2.05) is 30.3 Å². The van der Waals surface area contributed by atoms with Crippen molar-refractivity contribution >= 4 is 17.6 Å². The molecule has 27 heavy (non-hydrogen) atoms. The van der Waals surface area contributed by atoms with E-state index in [1.54, 1.807) is 18.2 Å². The highest BCUT2D eigenvalue weighted by atomic mass is 16.7. The third-order valence-corrected chi connectivity index (χ3v) is 4.38. The van der Waals surface area contributed by atoms with Crippen LogP contribution >= 0.6 is 0 Å². The summed E-state index contributed by atoms with van der Waals surface area (Å²) in [5.74, 6) is 1.32. The topological polar surface area (TPSA) is 81.2 Å². The summed E-state index contributed by atoms with van der Waals surface area (Å²) in [4.78, 5) is 17.2. The molecule has 0 radical (unpaired) electrons. The predicted molar refractivity (Wildman–Crippen MR) is 101 cm³/mol. The zero-order chi connectivity index (χ0) is 18.5. The van der Waals surface area contributed by atoms with Crippen LogP contribution < -0.4 is 20.1 Å². The van der Waals surface area contributed by atoms with E-state index in [1.165, 1.54) is 0 Å². The summed E-state index contributed by atoms with van der Waals surface area (Å²) in [5, 5.41) is 6.01. The van der Waals surface area contributed by atoms with Crippen LogP contribution in [0.2, 0.25) is 0 Å². The van der Waals surface area contributed by atoms with Gasteiger partial charge in [0.2, 0.25) is 12.8 Å². The van der Waals surface area contributed by atoms with Crippen LogP contribution in [0.15, 0.2) is 53.5 Å². The van der Waals surface area contributed by atoms with Crippen molar-refractivity contribution in [1.82, 2.24) is 5.32 Å². The maximum absolute atomic E-state index is 12.7. The van der Waals surface area contributed by atoms with Gasteiger partial charge in [0.1, 0.15) is 0 Å². The van der Waals surface area contributed by atoms with E-state index in [2.05, 4.69) is 15.6 Å². The van der Waals surface area contributed by atoms with Crippen LogP contribution in [0.5, 0.6) is 11.5 Å². The number of hydrogen-bond acceptors (Lipinski definition) is 5. The van der Waals surface area contributed by atoms with Crippen molar-refractivity contribution in [2.75, 3.05) is 25.3 Å². The summed E-state index contributed by atoms with van der Waals surface area (Å²) >= 11 is 0. The summed E-state index contributed by atoms with van der Waals surface area (Å²) in [6.07, 6.45) is 2.13. The molecule has 0 unspecified atom stereocenters. The van der Waals surface area contributed by atoms with Crippen LogP contribution in [0.25, 0.3) is 0 Å². The number of fused-ring (bicyclic) bond motifs is 1. The fraction of sp³-hybridized carbons (Fsp3) is 0.300. The molecule has 2 aromatic rings. The number of anilines is 1. The number of para-hydroxylation sites is 1. The summed E-state index contributed by atoms with van der Waals surface area (Å²) in [5.41, 5.74) is 1.31. The first-order chi connectivity index (χ1) is 13.3. The highest BCUT2D eigenvalue weighted by molar-refractivity contribution is 6.10. The lowest BCUT2D eigenvalue weighted by Gasteiger charge is -2.13. The van der Waals surface area contributed by atoms with E-state index in [4.69, 9.17) is 14.2 Å². The third-order valence-electron chi connectivity index (χ3n) is 4.38. The summed E-state index contributed by atoms with van der Waals surface area (Å²) in [7, 11) is 0. The largest absolute Gasteiger partial charge is 0.454 e. The van der Waals surface area contributed by atoms with Crippen LogP contribution in [0, 0.1) is 0 Å². The molecule has 1 amide bonds. The zero-order valence-corrected chi connectivity index (χ0v) is 14.8. The smallest absolute Gasteiger partial charge is 0.258 e. The van der Waals surface area contributed by atoms with Crippen molar-refractivity contribution in [2.45, 2.75) is 18.9 Å². The Kier molecular flexibility index (Phi) is 5.20. The van der Waals surface area contributed by atoms with Crippen molar-refractivity contribution in [2.24, 2.45) is 4.99 Å². The molecule has 7 heteroatoms. The van der Waals surface area contributed by atoms with Crippen molar-refractivity contribution in [3.8, 4) is 11.5 Å². The van der Waals surface area contributed by atoms with E-state index >= 15 is 0 Å². The Morgan fingerprint density at radius 1 is 1.11 bits per heavy atom. The Labute approximate surface area is 157 Å². The quantitative estimate of drug-likeness (QED) is 0.642. The SMILES string of the molecule is O=C(NC(=NC[C@@H]1CCCO1)Nc1ccccc1)c1ccc2c(c1)OCO2. The minimum Gasteiger partial charge on any atom is -0.454 e. The number of hydrogen-bond donors (Lipinski definition) is 2. The normalized spacial score (nSPS) is 18.4. The Balaban J connectivity index is 1.48. The highest BCUT2D eigenvalue weighted by Crippen LogP contribution is 2.32. The molecule has 1 saturated heterocycles. The van der Waals surface area contributed by atoms with Gasteiger partial charge in [0.05, 0.1) is 12.6 Å². The van der Waals surface area contributed by atoms with Crippen molar-refractivity contribution in [3.05, 3.63) is 54.1 Å². The molecule has 2 N–H and O–H groups in total. The maximum atomic E-state index is 12.7. The second-order valence-corrected chi connectivity index (χ2v) is 6.34. The number of nitrogens with zero attached hydrogens (tertiary/aromatic N) is 1. The second kappa shape index (κ2) is 8.09. The molecule has 7 nitrogen and oxygen atoms in total. The molecule has 0 saturated carbocycles. The lowest BCUT2D eigenvalue weighted by atomic mass is 10.2. The first-order valence-corrected chi connectivity index (χ1v) is 8.97. The zero-order valence-electron chi connectivity index (χ0n) is 14.8. The highest BCUT2D eigenvalue weighted by Gasteiger charge is 2.18. The number of rotatable bonds is 4. The van der Waals surface area contributed by atoms with Gasteiger partial charge in [-0.05, 0) is 43.2 Å². The minimum atomic E-state index is -0.275. The van der Waals surface area contributed by atoms with Gasteiger partial charge in [-0.15, -0.1) is 0 Å². The number of carbonyl (C=O) groups excluding carboxylic acids is 1. The van der Waals surface area contributed by atoms with Gasteiger partial charge in [0.25, 0.3) is 5.91 Å². The second-order valence-electron chi connectivity index (χ2n) is 6.34. The van der Waals surface area contributed by atoms with Gasteiger partial charge in [0, 0.05) is 17.9 Å². The first kappa shape index (κ1) is 17.4. The number of ether oxygens (including phenoxy) is 3. The monoisotopic (exact) mass is 367 g/mol. The van der Waals surface area contributed by atoms with Crippen LogP contribution in [-0.4, -0.2) is 37.9 Å². The molecule has 1 atom stereocenters. The number of nitrogens with one attached hydrogen (secondary N) is 2. The molecule has 2 heterocycles. The number of aliphatic imine (C=N–C) groups is 1. The molecule has 2 aromatic carbocycles. The van der Waals surface area contributed by atoms with E-state index < -0.39 is 0 Å². The van der Waals surface area contributed by atoms with Crippen LogP contribution in [-0.2, 0) is 4.74 Å². The molecule has 1 fully saturated rings. The summed E-state index contributed by atoms with van der Waals surface area (Å²) in [6.45, 7) is 1.44. The Morgan fingerprint density at radius 2 is 1.96 bits per heavy atom. The minimum absolute atomic E-state index is 0.0972.